The molecule has 4 aromatic rings. The van der Waals surface area contributed by atoms with Crippen molar-refractivity contribution in [1.82, 2.24) is 4.57 Å². The van der Waals surface area contributed by atoms with Crippen LogP contribution in [0.2, 0.25) is 0 Å². The molecule has 45 heavy (non-hydrogen) atoms. The zero-order valence-electron chi connectivity index (χ0n) is 25.7. The molecule has 0 saturated carbocycles. The number of rotatable bonds is 10. The first-order valence-electron chi connectivity index (χ1n) is 15.0. The zero-order chi connectivity index (χ0) is 32.1. The molecule has 9 heteroatoms. The van der Waals surface area contributed by atoms with Crippen LogP contribution in [0.25, 0.3) is 6.08 Å². The van der Waals surface area contributed by atoms with Gasteiger partial charge in [0, 0.05) is 5.56 Å². The van der Waals surface area contributed by atoms with Crippen molar-refractivity contribution in [2.24, 2.45) is 4.99 Å². The number of aromatic nitrogens is 1. The summed E-state index contributed by atoms with van der Waals surface area (Å²) >= 11 is 4.90. The van der Waals surface area contributed by atoms with Crippen molar-refractivity contribution < 1.29 is 14.3 Å². The molecule has 1 atom stereocenters. The lowest BCUT2D eigenvalue weighted by Gasteiger charge is -2.26. The predicted molar refractivity (Wildman–Crippen MR) is 180 cm³/mol. The molecular weight excluding hydrogens is 650 g/mol. The number of halogens is 1. The largest absolute Gasteiger partial charge is 0.488 e. The van der Waals surface area contributed by atoms with Gasteiger partial charge in [-0.3, -0.25) is 9.36 Å². The van der Waals surface area contributed by atoms with Gasteiger partial charge in [-0.2, -0.15) is 5.26 Å². The third-order valence-electron chi connectivity index (χ3n) is 7.59. The maximum absolute atomic E-state index is 14.1. The average Bonchev–Trinajstić information content (AvgIpc) is 3.34. The van der Waals surface area contributed by atoms with E-state index in [0.717, 1.165) is 27.6 Å². The molecule has 2 heterocycles. The second kappa shape index (κ2) is 14.2. The Morgan fingerprint density at radius 2 is 1.89 bits per heavy atom. The fraction of sp³-hybridized carbons (Fsp3) is 0.278. The number of nitriles is 1. The lowest BCUT2D eigenvalue weighted by molar-refractivity contribution is -0.139. The Labute approximate surface area is 274 Å². The van der Waals surface area contributed by atoms with Gasteiger partial charge in [0.1, 0.15) is 12.4 Å². The van der Waals surface area contributed by atoms with E-state index >= 15 is 0 Å². The number of esters is 1. The summed E-state index contributed by atoms with van der Waals surface area (Å²) in [5.41, 5.74) is 5.03. The van der Waals surface area contributed by atoms with Gasteiger partial charge in [-0.25, -0.2) is 9.79 Å². The van der Waals surface area contributed by atoms with Crippen LogP contribution in [0, 0.1) is 11.3 Å². The van der Waals surface area contributed by atoms with Crippen LogP contribution in [0.1, 0.15) is 80.3 Å². The topological polar surface area (TPSA) is 93.7 Å². The summed E-state index contributed by atoms with van der Waals surface area (Å²) in [6.07, 6.45) is 3.21. The highest BCUT2D eigenvalue weighted by Gasteiger charge is 2.34. The first-order valence-corrected chi connectivity index (χ1v) is 16.6. The highest BCUT2D eigenvalue weighted by molar-refractivity contribution is 9.10. The number of ether oxygens (including phenoxy) is 2. The molecule has 0 radical (unpaired) electrons. The molecule has 0 saturated heterocycles. The van der Waals surface area contributed by atoms with Crippen LogP contribution < -0.4 is 19.6 Å². The van der Waals surface area contributed by atoms with Gasteiger partial charge in [0.15, 0.2) is 4.80 Å². The summed E-state index contributed by atoms with van der Waals surface area (Å²) in [5, 5.41) is 9.37. The molecule has 0 unspecified atom stereocenters. The maximum atomic E-state index is 14.1. The van der Waals surface area contributed by atoms with Crippen molar-refractivity contribution in [3.63, 3.8) is 0 Å². The molecule has 7 nitrogen and oxygen atoms in total. The van der Waals surface area contributed by atoms with Gasteiger partial charge in [0.05, 0.1) is 44.6 Å². The lowest BCUT2D eigenvalue weighted by Crippen LogP contribution is -2.40. The molecule has 0 spiro atoms. The molecule has 1 aliphatic rings. The van der Waals surface area contributed by atoms with Crippen molar-refractivity contribution in [3.05, 3.63) is 130 Å². The van der Waals surface area contributed by atoms with E-state index in [1.54, 1.807) is 17.6 Å². The molecule has 0 bridgehead atoms. The minimum atomic E-state index is -0.649. The van der Waals surface area contributed by atoms with E-state index < -0.39 is 12.0 Å². The van der Waals surface area contributed by atoms with Gasteiger partial charge in [-0.1, -0.05) is 87.1 Å². The Bertz CT molecular complexity index is 1980. The van der Waals surface area contributed by atoms with Crippen molar-refractivity contribution >= 4 is 39.3 Å². The summed E-state index contributed by atoms with van der Waals surface area (Å²) in [6.45, 7) is 8.56. The number of nitrogens with zero attached hydrogens (tertiary/aromatic N) is 3. The molecule has 0 fully saturated rings. The standard InChI is InChI=1S/C36H34BrN3O4S/c1-5-9-29-32(35(42)43-6-2)33(25-15-13-24(14-16-25)22(3)4)40-34(41)31(45-36(40)39-29)19-23-12-17-30(28(37)18-23)44-21-27-11-8-7-10-26(27)20-38/h7-8,10-19,22,33H,5-6,9,21H2,1-4H3/b31-19+/t33-/m0/s1. The number of allylic oxidation sites excluding steroid dienone is 1. The molecule has 5 rings (SSSR count). The number of fused-ring (bicyclic) bond motifs is 1. The van der Waals surface area contributed by atoms with E-state index in [2.05, 4.69) is 48.0 Å². The van der Waals surface area contributed by atoms with Crippen LogP contribution in [0.4, 0.5) is 0 Å². The summed E-state index contributed by atoms with van der Waals surface area (Å²) in [6, 6.07) is 22.6. The second-order valence-corrected chi connectivity index (χ2v) is 12.8. The number of benzene rings is 3. The quantitative estimate of drug-likeness (QED) is 0.169. The Morgan fingerprint density at radius 1 is 1.13 bits per heavy atom. The minimum Gasteiger partial charge on any atom is -0.488 e. The minimum absolute atomic E-state index is 0.224. The van der Waals surface area contributed by atoms with Crippen molar-refractivity contribution in [1.29, 1.82) is 5.26 Å². The third kappa shape index (κ3) is 6.87. The van der Waals surface area contributed by atoms with E-state index in [9.17, 15) is 14.9 Å². The van der Waals surface area contributed by atoms with Gasteiger partial charge in [0.2, 0.25) is 0 Å². The van der Waals surface area contributed by atoms with Crippen LogP contribution in [0.5, 0.6) is 5.75 Å². The summed E-state index contributed by atoms with van der Waals surface area (Å²) < 4.78 is 14.4. The maximum Gasteiger partial charge on any atom is 0.338 e. The second-order valence-electron chi connectivity index (χ2n) is 11.0. The third-order valence-corrected chi connectivity index (χ3v) is 9.19. The van der Waals surface area contributed by atoms with E-state index in [-0.39, 0.29) is 18.8 Å². The van der Waals surface area contributed by atoms with Gasteiger partial charge in [-0.05, 0) is 76.2 Å². The van der Waals surface area contributed by atoms with Crippen LogP contribution in [-0.2, 0) is 16.1 Å². The van der Waals surface area contributed by atoms with Gasteiger partial charge < -0.3 is 9.47 Å². The Hall–Kier alpha value is -4.26. The van der Waals surface area contributed by atoms with Crippen molar-refractivity contribution in [2.45, 2.75) is 59.1 Å². The van der Waals surface area contributed by atoms with Crippen LogP contribution >= 0.6 is 27.3 Å². The SMILES string of the molecule is CCCC1=C(C(=O)OCC)[C@H](c2ccc(C(C)C)cc2)n2c(s/c(=C/c3ccc(OCc4ccccc4C#N)c(Br)c3)c2=O)=N1. The summed E-state index contributed by atoms with van der Waals surface area (Å²) in [5.74, 6) is 0.518. The lowest BCUT2D eigenvalue weighted by atomic mass is 9.92. The zero-order valence-corrected chi connectivity index (χ0v) is 28.1. The van der Waals surface area contributed by atoms with E-state index in [0.29, 0.717) is 44.3 Å². The van der Waals surface area contributed by atoms with Gasteiger partial charge >= 0.3 is 5.97 Å². The van der Waals surface area contributed by atoms with E-state index in [1.807, 2.05) is 61.5 Å². The smallest absolute Gasteiger partial charge is 0.338 e. The van der Waals surface area contributed by atoms with Crippen LogP contribution in [0.15, 0.2) is 92.3 Å². The number of carbonyl (C=O) groups excluding carboxylic acids is 1. The number of hydrogen-bond donors (Lipinski definition) is 0. The fourth-order valence-corrected chi connectivity index (χ4v) is 6.82. The molecule has 230 valence electrons. The Morgan fingerprint density at radius 3 is 2.56 bits per heavy atom. The Balaban J connectivity index is 1.56. The molecule has 1 aromatic heterocycles. The number of hydrogen-bond acceptors (Lipinski definition) is 7. The summed E-state index contributed by atoms with van der Waals surface area (Å²) in [7, 11) is 0. The van der Waals surface area contributed by atoms with Crippen LogP contribution in [-0.4, -0.2) is 17.1 Å². The first kappa shape index (κ1) is 32.1. The highest BCUT2D eigenvalue weighted by Crippen LogP contribution is 2.33. The van der Waals surface area contributed by atoms with Crippen LogP contribution in [0.3, 0.4) is 0 Å². The Kier molecular flexibility index (Phi) is 10.2. The fourth-order valence-electron chi connectivity index (χ4n) is 5.29. The summed E-state index contributed by atoms with van der Waals surface area (Å²) in [4.78, 5) is 32.9. The number of carbonyl (C=O) groups is 1. The highest BCUT2D eigenvalue weighted by atomic mass is 79.9. The molecular formula is C36H34BrN3O4S. The molecule has 3 aromatic carbocycles. The molecule has 0 N–H and O–H groups in total. The molecule has 0 aliphatic carbocycles. The van der Waals surface area contributed by atoms with E-state index in [4.69, 9.17) is 14.5 Å². The molecule has 0 amide bonds. The number of thiazole rings is 1. The van der Waals surface area contributed by atoms with Gasteiger partial charge in [-0.15, -0.1) is 0 Å². The van der Waals surface area contributed by atoms with Gasteiger partial charge in [0.25, 0.3) is 5.56 Å². The van der Waals surface area contributed by atoms with E-state index in [1.165, 1.54) is 16.9 Å². The van der Waals surface area contributed by atoms with Crippen molar-refractivity contribution in [3.8, 4) is 11.8 Å². The molecule has 1 aliphatic heterocycles. The predicted octanol–water partition coefficient (Wildman–Crippen LogP) is 6.92. The average molecular weight is 685 g/mol. The first-order chi connectivity index (χ1) is 21.7. The van der Waals surface area contributed by atoms with Crippen molar-refractivity contribution in [2.75, 3.05) is 6.61 Å². The monoisotopic (exact) mass is 683 g/mol. The normalized spacial score (nSPS) is 14.6.